The van der Waals surface area contributed by atoms with Gasteiger partial charge in [0.15, 0.2) is 0 Å². The summed E-state index contributed by atoms with van der Waals surface area (Å²) in [5.74, 6) is 2.98. The van der Waals surface area contributed by atoms with E-state index in [-0.39, 0.29) is 5.91 Å². The van der Waals surface area contributed by atoms with Crippen LogP contribution in [0.25, 0.3) is 0 Å². The molecule has 130 valence electrons. The number of rotatable bonds is 3. The van der Waals surface area contributed by atoms with Crippen LogP contribution in [0.1, 0.15) is 51.4 Å². The molecular weight excluding hydrogens is 312 g/mol. The molecule has 1 amide bonds. The van der Waals surface area contributed by atoms with Crippen molar-refractivity contribution in [2.75, 3.05) is 12.8 Å². The average molecular weight is 340 g/mol. The van der Waals surface area contributed by atoms with Gasteiger partial charge in [0.05, 0.1) is 6.26 Å². The molecule has 23 heavy (non-hydrogen) atoms. The van der Waals surface area contributed by atoms with Crippen molar-refractivity contribution in [1.29, 1.82) is 0 Å². The molecule has 0 radical (unpaired) electrons. The van der Waals surface area contributed by atoms with E-state index in [1.165, 1.54) is 42.7 Å². The highest BCUT2D eigenvalue weighted by Gasteiger charge is 2.49. The van der Waals surface area contributed by atoms with Gasteiger partial charge in [-0.3, -0.25) is 4.79 Å². The molecular formula is C17H28N2O3S. The monoisotopic (exact) mass is 340 g/mol. The second-order valence-corrected chi connectivity index (χ2v) is 10.3. The van der Waals surface area contributed by atoms with Gasteiger partial charge in [0, 0.05) is 12.6 Å². The molecule has 4 aliphatic carbocycles. The fourth-order valence-corrected chi connectivity index (χ4v) is 7.11. The van der Waals surface area contributed by atoms with Crippen molar-refractivity contribution in [2.45, 2.75) is 63.5 Å². The Morgan fingerprint density at radius 1 is 1.00 bits per heavy atom. The minimum Gasteiger partial charge on any atom is -0.351 e. The van der Waals surface area contributed by atoms with Crippen LogP contribution in [0.4, 0.5) is 0 Å². The SMILES string of the molecule is CS(=O)(=O)N1CCCCC1C(=O)NC1C2CC3CC(C2)CC1C3. The Kier molecular flexibility index (Phi) is 3.95. The summed E-state index contributed by atoms with van der Waals surface area (Å²) in [7, 11) is -3.31. The number of amides is 1. The smallest absolute Gasteiger partial charge is 0.238 e. The van der Waals surface area contributed by atoms with Gasteiger partial charge in [-0.05, 0) is 68.6 Å². The third-order valence-corrected chi connectivity index (χ3v) is 8.01. The van der Waals surface area contributed by atoms with Gasteiger partial charge in [-0.1, -0.05) is 6.42 Å². The Bertz CT molecular complexity index is 561. The summed E-state index contributed by atoms with van der Waals surface area (Å²) in [5, 5.41) is 3.29. The summed E-state index contributed by atoms with van der Waals surface area (Å²) in [6.45, 7) is 0.485. The maximum absolute atomic E-state index is 12.8. The quantitative estimate of drug-likeness (QED) is 0.851. The highest BCUT2D eigenvalue weighted by Crippen LogP contribution is 2.53. The van der Waals surface area contributed by atoms with Gasteiger partial charge in [-0.15, -0.1) is 0 Å². The molecule has 0 spiro atoms. The van der Waals surface area contributed by atoms with E-state index in [0.717, 1.165) is 24.7 Å². The predicted octanol–water partition coefficient (Wildman–Crippen LogP) is 1.74. The van der Waals surface area contributed by atoms with Crippen LogP contribution >= 0.6 is 0 Å². The second-order valence-electron chi connectivity index (χ2n) is 8.35. The van der Waals surface area contributed by atoms with Gasteiger partial charge in [-0.2, -0.15) is 4.31 Å². The molecule has 1 saturated heterocycles. The minimum atomic E-state index is -3.31. The molecule has 0 aromatic carbocycles. The molecule has 1 N–H and O–H groups in total. The van der Waals surface area contributed by atoms with Crippen molar-refractivity contribution >= 4 is 15.9 Å². The summed E-state index contributed by atoms with van der Waals surface area (Å²) in [4.78, 5) is 12.8. The fourth-order valence-electron chi connectivity index (χ4n) is 5.99. The van der Waals surface area contributed by atoms with Crippen LogP contribution in [-0.4, -0.2) is 43.5 Å². The van der Waals surface area contributed by atoms with E-state index in [1.807, 2.05) is 0 Å². The maximum atomic E-state index is 12.8. The van der Waals surface area contributed by atoms with Gasteiger partial charge >= 0.3 is 0 Å². The topological polar surface area (TPSA) is 66.5 Å². The summed E-state index contributed by atoms with van der Waals surface area (Å²) < 4.78 is 25.4. The highest BCUT2D eigenvalue weighted by atomic mass is 32.2. The van der Waals surface area contributed by atoms with Crippen molar-refractivity contribution < 1.29 is 13.2 Å². The van der Waals surface area contributed by atoms with Crippen LogP contribution in [0.5, 0.6) is 0 Å². The van der Waals surface area contributed by atoms with Gasteiger partial charge in [0.1, 0.15) is 6.04 Å². The van der Waals surface area contributed by atoms with Crippen LogP contribution in [0, 0.1) is 23.7 Å². The maximum Gasteiger partial charge on any atom is 0.238 e. The Hall–Kier alpha value is -0.620. The van der Waals surface area contributed by atoms with Gasteiger partial charge in [-0.25, -0.2) is 8.42 Å². The number of nitrogens with zero attached hydrogens (tertiary/aromatic N) is 1. The molecule has 1 atom stereocenters. The van der Waals surface area contributed by atoms with E-state index < -0.39 is 16.1 Å². The standard InChI is InChI=1S/C17H28N2O3S/c1-23(21,22)19-5-3-2-4-15(19)17(20)18-16-13-7-11-6-12(9-13)10-14(16)8-11/h11-16H,2-10H2,1H3,(H,18,20). The van der Waals surface area contributed by atoms with E-state index in [9.17, 15) is 13.2 Å². The predicted molar refractivity (Wildman–Crippen MR) is 88.2 cm³/mol. The number of hydrogen-bond donors (Lipinski definition) is 1. The molecule has 0 aromatic heterocycles. The molecule has 5 rings (SSSR count). The molecule has 4 saturated carbocycles. The molecule has 4 bridgehead atoms. The normalized spacial score (nSPS) is 43.5. The lowest BCUT2D eigenvalue weighted by Gasteiger charge is -2.54. The lowest BCUT2D eigenvalue weighted by molar-refractivity contribution is -0.129. The Balaban J connectivity index is 1.47. The number of sulfonamides is 1. The van der Waals surface area contributed by atoms with Gasteiger partial charge in [0.2, 0.25) is 15.9 Å². The first-order valence-corrected chi connectivity index (χ1v) is 11.0. The van der Waals surface area contributed by atoms with E-state index >= 15 is 0 Å². The lowest BCUT2D eigenvalue weighted by atomic mass is 9.54. The van der Waals surface area contributed by atoms with Crippen molar-refractivity contribution in [2.24, 2.45) is 23.7 Å². The number of nitrogens with one attached hydrogen (secondary N) is 1. The number of carbonyl (C=O) groups is 1. The minimum absolute atomic E-state index is 0.0485. The number of carbonyl (C=O) groups excluding carboxylic acids is 1. The molecule has 5 fully saturated rings. The van der Waals surface area contributed by atoms with Crippen molar-refractivity contribution in [3.8, 4) is 0 Å². The first-order chi connectivity index (χ1) is 10.9. The Morgan fingerprint density at radius 3 is 2.17 bits per heavy atom. The molecule has 5 aliphatic rings. The summed E-state index contributed by atoms with van der Waals surface area (Å²) in [6, 6.07) is -0.199. The third-order valence-electron chi connectivity index (χ3n) is 6.72. The van der Waals surface area contributed by atoms with Crippen LogP contribution < -0.4 is 5.32 Å². The largest absolute Gasteiger partial charge is 0.351 e. The van der Waals surface area contributed by atoms with E-state index in [0.29, 0.717) is 30.8 Å². The zero-order valence-electron chi connectivity index (χ0n) is 13.9. The lowest BCUT2D eigenvalue weighted by Crippen LogP contribution is -2.60. The van der Waals surface area contributed by atoms with Crippen LogP contribution in [0.2, 0.25) is 0 Å². The van der Waals surface area contributed by atoms with E-state index in [1.54, 1.807) is 0 Å². The first kappa shape index (κ1) is 15.9. The van der Waals surface area contributed by atoms with Crippen molar-refractivity contribution in [3.05, 3.63) is 0 Å². The molecule has 5 nitrogen and oxygen atoms in total. The highest BCUT2D eigenvalue weighted by molar-refractivity contribution is 7.88. The van der Waals surface area contributed by atoms with Crippen molar-refractivity contribution in [3.63, 3.8) is 0 Å². The average Bonchev–Trinajstić information content (AvgIpc) is 2.49. The van der Waals surface area contributed by atoms with Crippen molar-refractivity contribution in [1.82, 2.24) is 9.62 Å². The number of piperidine rings is 1. The zero-order chi connectivity index (χ0) is 16.2. The molecule has 1 unspecified atom stereocenters. The fraction of sp³-hybridized carbons (Fsp3) is 0.941. The second kappa shape index (κ2) is 5.73. The summed E-state index contributed by atoms with van der Waals surface area (Å²) >= 11 is 0. The van der Waals surface area contributed by atoms with Crippen LogP contribution in [0.3, 0.4) is 0 Å². The third kappa shape index (κ3) is 2.93. The van der Waals surface area contributed by atoms with Crippen LogP contribution in [-0.2, 0) is 14.8 Å². The molecule has 0 aromatic rings. The molecule has 1 heterocycles. The van der Waals surface area contributed by atoms with E-state index in [4.69, 9.17) is 0 Å². The van der Waals surface area contributed by atoms with Crippen LogP contribution in [0.15, 0.2) is 0 Å². The zero-order valence-corrected chi connectivity index (χ0v) is 14.7. The first-order valence-electron chi connectivity index (χ1n) is 9.19. The summed E-state index contributed by atoms with van der Waals surface area (Å²) in [6.07, 6.45) is 10.1. The van der Waals surface area contributed by atoms with Gasteiger partial charge < -0.3 is 5.32 Å². The Morgan fingerprint density at radius 2 is 1.61 bits per heavy atom. The molecule has 1 aliphatic heterocycles. The number of hydrogen-bond acceptors (Lipinski definition) is 3. The molecule has 6 heteroatoms. The van der Waals surface area contributed by atoms with E-state index in [2.05, 4.69) is 5.32 Å². The summed E-state index contributed by atoms with van der Waals surface area (Å²) in [5.41, 5.74) is 0. The van der Waals surface area contributed by atoms with Gasteiger partial charge in [0.25, 0.3) is 0 Å². The Labute approximate surface area is 139 Å².